The average Bonchev–Trinajstić information content (AvgIpc) is 2.83. The Kier molecular flexibility index (Phi) is 11.3. The predicted octanol–water partition coefficient (Wildman–Crippen LogP) is -1.03. The molecule has 36 heavy (non-hydrogen) atoms. The van der Waals surface area contributed by atoms with Crippen LogP contribution in [0.2, 0.25) is 0 Å². The SMILES string of the molecule is CC(C)C[C@@H]1NC(=O)[C@H](Cc2ccccc2)NC(=O)CNC(=O)CNC(C)CNC(=O)[C@H](C)NC1=O. The van der Waals surface area contributed by atoms with Crippen LogP contribution in [0.3, 0.4) is 0 Å². The van der Waals surface area contributed by atoms with E-state index in [1.165, 1.54) is 0 Å². The maximum atomic E-state index is 13.3. The zero-order chi connectivity index (χ0) is 26.7. The second-order valence-electron chi connectivity index (χ2n) is 9.53. The first-order valence-electron chi connectivity index (χ1n) is 12.3. The molecule has 1 aliphatic heterocycles. The Labute approximate surface area is 211 Å². The standard InChI is InChI=1S/C25H38N6O5/c1-15(2)10-19-24(35)29-17(4)23(34)28-12-16(3)26-13-21(32)27-14-22(33)30-20(25(36)31-19)11-18-8-6-5-7-9-18/h5-9,15-17,19-20,26H,10-14H2,1-4H3,(H,27,32)(H,28,34)(H,29,35)(H,30,33)(H,31,36)/t16?,17-,19-,20-/m0/s1. The Morgan fingerprint density at radius 3 is 2.11 bits per heavy atom. The molecule has 0 radical (unpaired) electrons. The van der Waals surface area contributed by atoms with Gasteiger partial charge in [0.15, 0.2) is 0 Å². The van der Waals surface area contributed by atoms with Crippen LogP contribution >= 0.6 is 0 Å². The quantitative estimate of drug-likeness (QED) is 0.309. The molecule has 0 saturated carbocycles. The fraction of sp³-hybridized carbons (Fsp3) is 0.560. The molecule has 0 spiro atoms. The van der Waals surface area contributed by atoms with Gasteiger partial charge in [0.25, 0.3) is 0 Å². The first-order valence-corrected chi connectivity index (χ1v) is 12.3. The number of carbonyl (C=O) groups is 5. The molecule has 6 N–H and O–H groups in total. The van der Waals surface area contributed by atoms with E-state index in [4.69, 9.17) is 0 Å². The summed E-state index contributed by atoms with van der Waals surface area (Å²) in [5.41, 5.74) is 0.817. The van der Waals surface area contributed by atoms with Gasteiger partial charge in [0, 0.05) is 19.0 Å². The molecule has 0 aromatic heterocycles. The van der Waals surface area contributed by atoms with Gasteiger partial charge in [-0.3, -0.25) is 24.0 Å². The maximum absolute atomic E-state index is 13.3. The van der Waals surface area contributed by atoms with Crippen LogP contribution in [-0.2, 0) is 30.4 Å². The molecule has 11 heteroatoms. The first kappa shape index (κ1) is 28.8. The van der Waals surface area contributed by atoms with Crippen molar-refractivity contribution in [1.82, 2.24) is 31.9 Å². The minimum atomic E-state index is -0.975. The highest BCUT2D eigenvalue weighted by Crippen LogP contribution is 2.08. The van der Waals surface area contributed by atoms with Gasteiger partial charge in [-0.25, -0.2) is 0 Å². The molecular weight excluding hydrogens is 464 g/mol. The summed E-state index contributed by atoms with van der Waals surface area (Å²) in [6, 6.07) is 6.22. The van der Waals surface area contributed by atoms with E-state index in [1.807, 2.05) is 44.2 Å². The van der Waals surface area contributed by atoms with Crippen LogP contribution in [0.1, 0.15) is 39.7 Å². The molecule has 1 fully saturated rings. The molecular formula is C25H38N6O5. The van der Waals surface area contributed by atoms with Crippen molar-refractivity contribution in [3.63, 3.8) is 0 Å². The Morgan fingerprint density at radius 2 is 1.44 bits per heavy atom. The third-order valence-corrected chi connectivity index (χ3v) is 5.67. The summed E-state index contributed by atoms with van der Waals surface area (Å²) < 4.78 is 0. The van der Waals surface area contributed by atoms with Gasteiger partial charge in [-0.15, -0.1) is 0 Å². The summed E-state index contributed by atoms with van der Waals surface area (Å²) in [6.45, 7) is 7.07. The van der Waals surface area contributed by atoms with E-state index in [0.29, 0.717) is 6.42 Å². The van der Waals surface area contributed by atoms with Gasteiger partial charge < -0.3 is 31.9 Å². The molecule has 0 aliphatic carbocycles. The first-order chi connectivity index (χ1) is 17.0. The molecule has 11 nitrogen and oxygen atoms in total. The maximum Gasteiger partial charge on any atom is 0.243 e. The van der Waals surface area contributed by atoms with Crippen molar-refractivity contribution in [3.8, 4) is 0 Å². The fourth-order valence-electron chi connectivity index (χ4n) is 3.65. The van der Waals surface area contributed by atoms with Crippen molar-refractivity contribution in [2.75, 3.05) is 19.6 Å². The lowest BCUT2D eigenvalue weighted by Crippen LogP contribution is -2.58. The number of amides is 5. The molecule has 2 rings (SSSR count). The Balaban J connectivity index is 2.27. The van der Waals surface area contributed by atoms with Crippen molar-refractivity contribution >= 4 is 29.5 Å². The summed E-state index contributed by atoms with van der Waals surface area (Å²) >= 11 is 0. The van der Waals surface area contributed by atoms with Crippen LogP contribution in [0.4, 0.5) is 0 Å². The minimum Gasteiger partial charge on any atom is -0.353 e. The molecule has 1 aromatic carbocycles. The number of carbonyl (C=O) groups excluding carboxylic acids is 5. The van der Waals surface area contributed by atoms with Crippen LogP contribution in [0, 0.1) is 5.92 Å². The van der Waals surface area contributed by atoms with Crippen molar-refractivity contribution in [1.29, 1.82) is 0 Å². The molecule has 1 saturated heterocycles. The molecule has 1 heterocycles. The van der Waals surface area contributed by atoms with Crippen molar-refractivity contribution in [2.45, 2.75) is 64.7 Å². The van der Waals surface area contributed by atoms with Gasteiger partial charge in [0.05, 0.1) is 13.1 Å². The van der Waals surface area contributed by atoms with Gasteiger partial charge in [0.1, 0.15) is 18.1 Å². The highest BCUT2D eigenvalue weighted by Gasteiger charge is 2.29. The monoisotopic (exact) mass is 502 g/mol. The van der Waals surface area contributed by atoms with Crippen molar-refractivity contribution in [3.05, 3.63) is 35.9 Å². The van der Waals surface area contributed by atoms with E-state index < -0.39 is 41.8 Å². The minimum absolute atomic E-state index is 0.0541. The number of hydrogen-bond acceptors (Lipinski definition) is 6. The number of hydrogen-bond donors (Lipinski definition) is 6. The van der Waals surface area contributed by atoms with Gasteiger partial charge in [-0.05, 0) is 31.7 Å². The molecule has 5 amide bonds. The van der Waals surface area contributed by atoms with Gasteiger partial charge in [-0.1, -0.05) is 44.2 Å². The van der Waals surface area contributed by atoms with E-state index in [1.54, 1.807) is 13.8 Å². The fourth-order valence-corrected chi connectivity index (χ4v) is 3.65. The smallest absolute Gasteiger partial charge is 0.243 e. The van der Waals surface area contributed by atoms with E-state index in [0.717, 1.165) is 5.56 Å². The molecule has 1 unspecified atom stereocenters. The summed E-state index contributed by atoms with van der Waals surface area (Å²) in [6.07, 6.45) is 0.537. The Hall–Kier alpha value is -3.47. The third kappa shape index (κ3) is 10.0. The lowest BCUT2D eigenvalue weighted by molar-refractivity contribution is -0.134. The van der Waals surface area contributed by atoms with E-state index in [-0.39, 0.29) is 43.9 Å². The zero-order valence-corrected chi connectivity index (χ0v) is 21.4. The van der Waals surface area contributed by atoms with E-state index in [2.05, 4.69) is 31.9 Å². The van der Waals surface area contributed by atoms with E-state index >= 15 is 0 Å². The summed E-state index contributed by atoms with van der Waals surface area (Å²) in [7, 11) is 0. The molecule has 198 valence electrons. The normalized spacial score (nSPS) is 25.5. The summed E-state index contributed by atoms with van der Waals surface area (Å²) in [4.78, 5) is 63.5. The predicted molar refractivity (Wildman–Crippen MR) is 135 cm³/mol. The van der Waals surface area contributed by atoms with Crippen LogP contribution in [0.25, 0.3) is 0 Å². The molecule has 0 bridgehead atoms. The lowest BCUT2D eigenvalue weighted by Gasteiger charge is -2.26. The highest BCUT2D eigenvalue weighted by molar-refractivity contribution is 5.95. The van der Waals surface area contributed by atoms with Gasteiger partial charge in [0.2, 0.25) is 29.5 Å². The second-order valence-corrected chi connectivity index (χ2v) is 9.53. The van der Waals surface area contributed by atoms with Crippen molar-refractivity contribution in [2.24, 2.45) is 5.92 Å². The number of nitrogens with one attached hydrogen (secondary N) is 6. The zero-order valence-electron chi connectivity index (χ0n) is 21.4. The summed E-state index contributed by atoms with van der Waals surface area (Å²) in [5, 5.41) is 16.3. The Bertz CT molecular complexity index is 923. The van der Waals surface area contributed by atoms with Crippen LogP contribution < -0.4 is 31.9 Å². The van der Waals surface area contributed by atoms with Gasteiger partial charge in [-0.2, -0.15) is 0 Å². The van der Waals surface area contributed by atoms with Crippen LogP contribution in [-0.4, -0.2) is 73.3 Å². The largest absolute Gasteiger partial charge is 0.353 e. The second kappa shape index (κ2) is 14.2. The Morgan fingerprint density at radius 1 is 0.778 bits per heavy atom. The lowest BCUT2D eigenvalue weighted by atomic mass is 10.0. The highest BCUT2D eigenvalue weighted by atomic mass is 16.2. The van der Waals surface area contributed by atoms with Gasteiger partial charge >= 0.3 is 0 Å². The number of rotatable bonds is 4. The summed E-state index contributed by atoms with van der Waals surface area (Å²) in [5.74, 6) is -2.25. The average molecular weight is 503 g/mol. The van der Waals surface area contributed by atoms with E-state index in [9.17, 15) is 24.0 Å². The van der Waals surface area contributed by atoms with Crippen LogP contribution in [0.5, 0.6) is 0 Å². The number of benzene rings is 1. The topological polar surface area (TPSA) is 158 Å². The third-order valence-electron chi connectivity index (χ3n) is 5.67. The molecule has 1 aliphatic rings. The van der Waals surface area contributed by atoms with Crippen molar-refractivity contribution < 1.29 is 24.0 Å². The van der Waals surface area contributed by atoms with Crippen LogP contribution in [0.15, 0.2) is 30.3 Å². The molecule has 1 aromatic rings. The molecule has 4 atom stereocenters.